The molecule has 0 spiro atoms. The molecule has 0 fully saturated rings. The summed E-state index contributed by atoms with van der Waals surface area (Å²) in [7, 11) is 0. The van der Waals surface area contributed by atoms with E-state index in [2.05, 4.69) is 20.8 Å². The lowest BCUT2D eigenvalue weighted by atomic mass is 10.4. The minimum Gasteiger partial charge on any atom is -0.362 e. The van der Waals surface area contributed by atoms with Gasteiger partial charge in [-0.25, -0.2) is 0 Å². The third kappa shape index (κ3) is 0.689. The number of hydrogen-bond acceptors (Lipinski definition) is 4. The summed E-state index contributed by atoms with van der Waals surface area (Å²) < 4.78 is 0. The Morgan fingerprint density at radius 1 is 1.50 bits per heavy atom. The predicted octanol–water partition coefficient (Wildman–Crippen LogP) is 0.660. The molecular weight excluding hydrogens is 128 g/mol. The van der Waals surface area contributed by atoms with Crippen molar-refractivity contribution >= 4 is 11.5 Å². The molecule has 1 atom stereocenters. The molecule has 2 heterocycles. The summed E-state index contributed by atoms with van der Waals surface area (Å²) in [6.45, 7) is 2.03. The highest BCUT2D eigenvalue weighted by molar-refractivity contribution is 5.68. The molecule has 52 valence electrons. The fraction of sp³-hybridized carbons (Fsp3) is 0.333. The van der Waals surface area contributed by atoms with Gasteiger partial charge in [-0.3, -0.25) is 0 Å². The Hall–Kier alpha value is -1.32. The largest absolute Gasteiger partial charge is 0.362 e. The van der Waals surface area contributed by atoms with Gasteiger partial charge in [-0.1, -0.05) is 0 Å². The molecule has 0 aliphatic carbocycles. The number of anilines is 2. The molecule has 0 radical (unpaired) electrons. The lowest BCUT2D eigenvalue weighted by Gasteiger charge is -2.00. The monoisotopic (exact) mass is 136 g/mol. The van der Waals surface area contributed by atoms with E-state index in [9.17, 15) is 0 Å². The second-order valence-corrected chi connectivity index (χ2v) is 2.30. The highest BCUT2D eigenvalue weighted by Gasteiger charge is 2.15. The van der Waals surface area contributed by atoms with Crippen molar-refractivity contribution in [3.8, 4) is 0 Å². The minimum absolute atomic E-state index is 0.270. The van der Waals surface area contributed by atoms with E-state index in [1.165, 1.54) is 0 Å². The van der Waals surface area contributed by atoms with E-state index in [0.29, 0.717) is 0 Å². The quantitative estimate of drug-likeness (QED) is 0.550. The summed E-state index contributed by atoms with van der Waals surface area (Å²) in [5, 5.41) is 13.9. The topological polar surface area (TPSA) is 49.8 Å². The number of fused-ring (bicyclic) bond motifs is 1. The average molecular weight is 136 g/mol. The summed E-state index contributed by atoms with van der Waals surface area (Å²) >= 11 is 0. The van der Waals surface area contributed by atoms with Crippen LogP contribution in [-0.2, 0) is 0 Å². The first-order valence-corrected chi connectivity index (χ1v) is 3.21. The molecule has 4 nitrogen and oxygen atoms in total. The van der Waals surface area contributed by atoms with E-state index in [0.717, 1.165) is 11.5 Å². The van der Waals surface area contributed by atoms with E-state index in [1.807, 2.05) is 13.0 Å². The second kappa shape index (κ2) is 1.83. The molecule has 1 aromatic heterocycles. The van der Waals surface area contributed by atoms with Gasteiger partial charge in [0.25, 0.3) is 0 Å². The first-order valence-electron chi connectivity index (χ1n) is 3.21. The molecule has 0 aromatic carbocycles. The maximum atomic E-state index is 3.89. The van der Waals surface area contributed by atoms with Crippen LogP contribution >= 0.6 is 0 Å². The zero-order valence-electron chi connectivity index (χ0n) is 5.63. The number of nitrogens with zero attached hydrogens (tertiary/aromatic N) is 2. The summed E-state index contributed by atoms with van der Waals surface area (Å²) in [5.74, 6) is 0.843. The van der Waals surface area contributed by atoms with E-state index >= 15 is 0 Å². The van der Waals surface area contributed by atoms with E-state index < -0.39 is 0 Å². The van der Waals surface area contributed by atoms with Crippen LogP contribution in [0.1, 0.15) is 6.92 Å². The Kier molecular flexibility index (Phi) is 1.00. The summed E-state index contributed by atoms with van der Waals surface area (Å²) in [6.07, 6.45) is 1.94. The molecule has 10 heavy (non-hydrogen) atoms. The zero-order valence-corrected chi connectivity index (χ0v) is 5.63. The average Bonchev–Trinajstić information content (AvgIpc) is 2.27. The Morgan fingerprint density at radius 3 is 3.20 bits per heavy atom. The predicted molar refractivity (Wildman–Crippen MR) is 38.7 cm³/mol. The molecule has 2 rings (SSSR count). The van der Waals surface area contributed by atoms with Crippen molar-refractivity contribution in [2.45, 2.75) is 13.1 Å². The van der Waals surface area contributed by atoms with Gasteiger partial charge in [-0.2, -0.15) is 5.10 Å². The second-order valence-electron chi connectivity index (χ2n) is 2.30. The van der Waals surface area contributed by atoms with Gasteiger partial charge in [0.15, 0.2) is 5.82 Å². The summed E-state index contributed by atoms with van der Waals surface area (Å²) in [6, 6.07) is 1.90. The van der Waals surface area contributed by atoms with E-state index in [4.69, 9.17) is 0 Å². The highest BCUT2D eigenvalue weighted by atomic mass is 15.3. The van der Waals surface area contributed by atoms with Gasteiger partial charge < -0.3 is 10.6 Å². The van der Waals surface area contributed by atoms with Crippen molar-refractivity contribution in [3.05, 3.63) is 12.3 Å². The van der Waals surface area contributed by atoms with Crippen LogP contribution in [0.4, 0.5) is 11.5 Å². The number of nitrogens with one attached hydrogen (secondary N) is 2. The van der Waals surface area contributed by atoms with Crippen molar-refractivity contribution < 1.29 is 0 Å². The molecule has 1 aliphatic heterocycles. The Bertz CT molecular complexity index is 222. The fourth-order valence-corrected chi connectivity index (χ4v) is 1.03. The molecule has 2 N–H and O–H groups in total. The van der Waals surface area contributed by atoms with Crippen molar-refractivity contribution in [2.24, 2.45) is 0 Å². The van der Waals surface area contributed by atoms with Gasteiger partial charge in [-0.05, 0) is 13.0 Å². The molecule has 0 bridgehead atoms. The molecule has 0 saturated carbocycles. The standard InChI is InChI=1S/C6H8N4/c1-4-8-5-2-3-7-10-6(5)9-4/h2-4,8H,1H3,(H,9,10). The Labute approximate surface area is 58.7 Å². The first kappa shape index (κ1) is 5.46. The fourth-order valence-electron chi connectivity index (χ4n) is 1.03. The SMILES string of the molecule is CC1Nc2ccnnc2N1. The van der Waals surface area contributed by atoms with Crippen molar-refractivity contribution in [2.75, 3.05) is 10.6 Å². The third-order valence-electron chi connectivity index (χ3n) is 1.45. The number of aromatic nitrogens is 2. The summed E-state index contributed by atoms with van der Waals surface area (Å²) in [4.78, 5) is 0. The van der Waals surface area contributed by atoms with E-state index in [-0.39, 0.29) is 6.17 Å². The van der Waals surface area contributed by atoms with Gasteiger partial charge in [0.2, 0.25) is 0 Å². The molecule has 1 unspecified atom stereocenters. The molecule has 4 heteroatoms. The van der Waals surface area contributed by atoms with Crippen LogP contribution in [-0.4, -0.2) is 16.4 Å². The maximum Gasteiger partial charge on any atom is 0.173 e. The van der Waals surface area contributed by atoms with Crippen LogP contribution in [0.2, 0.25) is 0 Å². The molecule has 0 saturated heterocycles. The number of rotatable bonds is 0. The van der Waals surface area contributed by atoms with Gasteiger partial charge in [0.1, 0.15) is 0 Å². The van der Waals surface area contributed by atoms with E-state index in [1.54, 1.807) is 6.20 Å². The molecule has 1 aliphatic rings. The lowest BCUT2D eigenvalue weighted by Crippen LogP contribution is -2.16. The first-order chi connectivity index (χ1) is 4.86. The van der Waals surface area contributed by atoms with Gasteiger partial charge in [-0.15, -0.1) is 5.10 Å². The Balaban J connectivity index is 2.42. The van der Waals surface area contributed by atoms with Crippen LogP contribution in [0, 0.1) is 0 Å². The minimum atomic E-state index is 0.270. The highest BCUT2D eigenvalue weighted by Crippen LogP contribution is 2.23. The third-order valence-corrected chi connectivity index (χ3v) is 1.45. The maximum absolute atomic E-state index is 3.89. The van der Waals surface area contributed by atoms with Crippen LogP contribution < -0.4 is 10.6 Å². The molecule has 1 aromatic rings. The van der Waals surface area contributed by atoms with Crippen LogP contribution in [0.5, 0.6) is 0 Å². The number of hydrogen-bond donors (Lipinski definition) is 2. The summed E-state index contributed by atoms with van der Waals surface area (Å²) in [5.41, 5.74) is 1.03. The van der Waals surface area contributed by atoms with Crippen molar-refractivity contribution in [3.63, 3.8) is 0 Å². The smallest absolute Gasteiger partial charge is 0.173 e. The van der Waals surface area contributed by atoms with Gasteiger partial charge in [0.05, 0.1) is 18.1 Å². The van der Waals surface area contributed by atoms with Crippen molar-refractivity contribution in [1.29, 1.82) is 0 Å². The molecule has 0 amide bonds. The normalized spacial score (nSPS) is 21.1. The van der Waals surface area contributed by atoms with Crippen molar-refractivity contribution in [1.82, 2.24) is 10.2 Å². The van der Waals surface area contributed by atoms with Gasteiger partial charge in [0, 0.05) is 0 Å². The van der Waals surface area contributed by atoms with Crippen LogP contribution in [0.25, 0.3) is 0 Å². The zero-order chi connectivity index (χ0) is 6.97. The lowest BCUT2D eigenvalue weighted by molar-refractivity contribution is 0.941. The van der Waals surface area contributed by atoms with Crippen LogP contribution in [0.3, 0.4) is 0 Å². The van der Waals surface area contributed by atoms with Crippen LogP contribution in [0.15, 0.2) is 12.3 Å². The Morgan fingerprint density at radius 2 is 2.40 bits per heavy atom. The van der Waals surface area contributed by atoms with Gasteiger partial charge >= 0.3 is 0 Å². The molecular formula is C6H8N4.